The standard InChI is InChI=1S/C17H24N4O4/c1-10-5-6-11(20(10)4)9-18-14(23)12-13(22)15(24)21-7-8-25-17(2,3)16(21)19-12/h5,11,22H,6-9H2,1-4H3,(H,18,23). The van der Waals surface area contributed by atoms with Gasteiger partial charge in [-0.1, -0.05) is 6.08 Å². The fraction of sp³-hybridized carbons (Fsp3) is 0.588. The van der Waals surface area contributed by atoms with Crippen LogP contribution in [0.15, 0.2) is 16.6 Å². The minimum Gasteiger partial charge on any atom is -0.501 e. The molecule has 1 unspecified atom stereocenters. The first-order valence-electron chi connectivity index (χ1n) is 8.38. The van der Waals surface area contributed by atoms with Crippen molar-refractivity contribution in [3.63, 3.8) is 0 Å². The van der Waals surface area contributed by atoms with E-state index >= 15 is 0 Å². The molecular formula is C17H24N4O4. The van der Waals surface area contributed by atoms with Crippen LogP contribution in [0.25, 0.3) is 0 Å². The Kier molecular flexibility index (Phi) is 4.32. The molecular weight excluding hydrogens is 324 g/mol. The van der Waals surface area contributed by atoms with Gasteiger partial charge in [0, 0.05) is 25.3 Å². The Hall–Kier alpha value is -2.35. The van der Waals surface area contributed by atoms with Gasteiger partial charge >= 0.3 is 0 Å². The molecule has 8 nitrogen and oxygen atoms in total. The minimum absolute atomic E-state index is 0.157. The van der Waals surface area contributed by atoms with Gasteiger partial charge in [0.15, 0.2) is 5.69 Å². The molecule has 0 saturated heterocycles. The van der Waals surface area contributed by atoms with Crippen LogP contribution < -0.4 is 10.9 Å². The van der Waals surface area contributed by atoms with Gasteiger partial charge in [0.1, 0.15) is 11.4 Å². The van der Waals surface area contributed by atoms with Crippen LogP contribution in [0.5, 0.6) is 5.75 Å². The Morgan fingerprint density at radius 3 is 2.88 bits per heavy atom. The molecule has 25 heavy (non-hydrogen) atoms. The third-order valence-corrected chi connectivity index (χ3v) is 4.96. The molecule has 2 N–H and O–H groups in total. The number of aromatic nitrogens is 2. The maximum Gasteiger partial charge on any atom is 0.296 e. The quantitative estimate of drug-likeness (QED) is 0.828. The molecule has 0 aliphatic carbocycles. The lowest BCUT2D eigenvalue weighted by atomic mass is 10.1. The minimum atomic E-state index is -0.799. The summed E-state index contributed by atoms with van der Waals surface area (Å²) in [6.45, 7) is 6.64. The molecule has 0 bridgehead atoms. The summed E-state index contributed by atoms with van der Waals surface area (Å²) in [4.78, 5) is 31.2. The summed E-state index contributed by atoms with van der Waals surface area (Å²) in [7, 11) is 1.97. The lowest BCUT2D eigenvalue weighted by molar-refractivity contribution is -0.0566. The van der Waals surface area contributed by atoms with E-state index in [4.69, 9.17) is 4.74 Å². The number of carbonyl (C=O) groups excluding carboxylic acids is 1. The van der Waals surface area contributed by atoms with Crippen LogP contribution in [0.1, 0.15) is 43.5 Å². The number of fused-ring (bicyclic) bond motifs is 1. The molecule has 0 saturated carbocycles. The number of nitrogens with one attached hydrogen (secondary N) is 1. The fourth-order valence-corrected chi connectivity index (χ4v) is 3.24. The summed E-state index contributed by atoms with van der Waals surface area (Å²) in [5, 5.41) is 12.9. The van der Waals surface area contributed by atoms with Crippen molar-refractivity contribution in [2.75, 3.05) is 20.2 Å². The van der Waals surface area contributed by atoms with Gasteiger partial charge in [0.05, 0.1) is 13.2 Å². The van der Waals surface area contributed by atoms with Crippen molar-refractivity contribution in [3.05, 3.63) is 33.6 Å². The van der Waals surface area contributed by atoms with Crippen LogP contribution >= 0.6 is 0 Å². The summed E-state index contributed by atoms with van der Waals surface area (Å²) < 4.78 is 7.01. The second-order valence-corrected chi connectivity index (χ2v) is 7.00. The molecule has 0 radical (unpaired) electrons. The number of amides is 1. The maximum atomic E-state index is 12.5. The monoisotopic (exact) mass is 348 g/mol. The van der Waals surface area contributed by atoms with E-state index in [1.165, 1.54) is 4.57 Å². The second kappa shape index (κ2) is 6.18. The van der Waals surface area contributed by atoms with Crippen molar-refractivity contribution in [2.24, 2.45) is 0 Å². The first-order chi connectivity index (χ1) is 11.7. The molecule has 8 heteroatoms. The normalized spacial score (nSPS) is 21.7. The lowest BCUT2D eigenvalue weighted by Crippen LogP contribution is -2.43. The highest BCUT2D eigenvalue weighted by Gasteiger charge is 2.34. The van der Waals surface area contributed by atoms with Gasteiger partial charge in [-0.2, -0.15) is 0 Å². The topological polar surface area (TPSA) is 96.7 Å². The number of aromatic hydroxyl groups is 1. The molecule has 2 aliphatic rings. The molecule has 1 aromatic heterocycles. The van der Waals surface area contributed by atoms with Crippen LogP contribution in [0.4, 0.5) is 0 Å². The van der Waals surface area contributed by atoms with Crippen molar-refractivity contribution in [2.45, 2.75) is 45.4 Å². The van der Waals surface area contributed by atoms with E-state index in [9.17, 15) is 14.7 Å². The molecule has 1 aromatic rings. The zero-order chi connectivity index (χ0) is 18.4. The first-order valence-corrected chi connectivity index (χ1v) is 8.38. The average Bonchev–Trinajstić information content (AvgIpc) is 2.87. The third kappa shape index (κ3) is 3.02. The van der Waals surface area contributed by atoms with Crippen LogP contribution in [-0.4, -0.2) is 51.7 Å². The van der Waals surface area contributed by atoms with Gasteiger partial charge in [0.25, 0.3) is 11.5 Å². The van der Waals surface area contributed by atoms with Crippen molar-refractivity contribution >= 4 is 5.91 Å². The predicted octanol–water partition coefficient (Wildman–Crippen LogP) is 0.552. The van der Waals surface area contributed by atoms with Gasteiger partial charge in [0.2, 0.25) is 5.75 Å². The number of carbonyl (C=O) groups is 1. The Balaban J connectivity index is 1.84. The Labute approximate surface area is 146 Å². The highest BCUT2D eigenvalue weighted by Crippen LogP contribution is 2.27. The number of hydrogen-bond donors (Lipinski definition) is 2. The van der Waals surface area contributed by atoms with Crippen LogP contribution in [0.3, 0.4) is 0 Å². The SMILES string of the molecule is CC1=CCC(CNC(=O)c2nc3n(c(=O)c2O)CCOC3(C)C)N1C. The van der Waals surface area contributed by atoms with Gasteiger partial charge in [-0.3, -0.25) is 14.2 Å². The molecule has 136 valence electrons. The fourth-order valence-electron chi connectivity index (χ4n) is 3.24. The molecule has 3 heterocycles. The number of nitrogens with zero attached hydrogens (tertiary/aromatic N) is 3. The van der Waals surface area contributed by atoms with Gasteiger partial charge in [-0.25, -0.2) is 4.98 Å². The van der Waals surface area contributed by atoms with Crippen molar-refractivity contribution in [1.82, 2.24) is 19.8 Å². The zero-order valence-electron chi connectivity index (χ0n) is 15.0. The number of likely N-dealkylation sites (N-methyl/N-ethyl adjacent to an activating group) is 1. The molecule has 2 aliphatic heterocycles. The van der Waals surface area contributed by atoms with Gasteiger partial charge < -0.3 is 20.1 Å². The molecule has 1 amide bonds. The predicted molar refractivity (Wildman–Crippen MR) is 91.4 cm³/mol. The number of hydrogen-bond acceptors (Lipinski definition) is 6. The van der Waals surface area contributed by atoms with E-state index in [-0.39, 0.29) is 11.7 Å². The summed E-state index contributed by atoms with van der Waals surface area (Å²) in [6, 6.07) is 0.157. The summed E-state index contributed by atoms with van der Waals surface area (Å²) >= 11 is 0. The zero-order valence-corrected chi connectivity index (χ0v) is 15.0. The van der Waals surface area contributed by atoms with Crippen molar-refractivity contribution in [3.8, 4) is 5.75 Å². The molecule has 0 spiro atoms. The van der Waals surface area contributed by atoms with Gasteiger partial charge in [-0.15, -0.1) is 0 Å². The van der Waals surface area contributed by atoms with E-state index in [1.807, 2.05) is 14.0 Å². The van der Waals surface area contributed by atoms with Gasteiger partial charge in [-0.05, 0) is 27.2 Å². The second-order valence-electron chi connectivity index (χ2n) is 7.00. The van der Waals surface area contributed by atoms with E-state index in [2.05, 4.69) is 21.3 Å². The van der Waals surface area contributed by atoms with Crippen molar-refractivity contribution < 1.29 is 14.6 Å². The van der Waals surface area contributed by atoms with Crippen LogP contribution in [0, 0.1) is 0 Å². The van der Waals surface area contributed by atoms with Crippen LogP contribution in [0.2, 0.25) is 0 Å². The Bertz CT molecular complexity index is 797. The molecule has 1 atom stereocenters. The Morgan fingerprint density at radius 2 is 2.24 bits per heavy atom. The third-order valence-electron chi connectivity index (χ3n) is 4.96. The summed E-state index contributed by atoms with van der Waals surface area (Å²) in [5.74, 6) is -0.826. The highest BCUT2D eigenvalue weighted by atomic mass is 16.5. The Morgan fingerprint density at radius 1 is 1.52 bits per heavy atom. The molecule has 3 rings (SSSR count). The van der Waals surface area contributed by atoms with Crippen LogP contribution in [-0.2, 0) is 16.9 Å². The summed E-state index contributed by atoms with van der Waals surface area (Å²) in [5.41, 5.74) is -0.499. The average molecular weight is 348 g/mol. The number of rotatable bonds is 3. The molecule has 0 aromatic carbocycles. The van der Waals surface area contributed by atoms with E-state index < -0.39 is 22.8 Å². The maximum absolute atomic E-state index is 12.5. The largest absolute Gasteiger partial charge is 0.501 e. The number of ether oxygens (including phenoxy) is 1. The highest BCUT2D eigenvalue weighted by molar-refractivity contribution is 5.94. The first kappa shape index (κ1) is 17.5. The van der Waals surface area contributed by atoms with E-state index in [0.717, 1.165) is 12.1 Å². The summed E-state index contributed by atoms with van der Waals surface area (Å²) in [6.07, 6.45) is 2.95. The van der Waals surface area contributed by atoms with E-state index in [1.54, 1.807) is 13.8 Å². The van der Waals surface area contributed by atoms with E-state index in [0.29, 0.717) is 25.5 Å². The molecule has 0 fully saturated rings. The van der Waals surface area contributed by atoms with Crippen molar-refractivity contribution in [1.29, 1.82) is 0 Å². The lowest BCUT2D eigenvalue weighted by Gasteiger charge is -2.32. The number of allylic oxidation sites excluding steroid dienone is 1. The smallest absolute Gasteiger partial charge is 0.296 e.